The van der Waals surface area contributed by atoms with Gasteiger partial charge in [0, 0.05) is 12.6 Å². The van der Waals surface area contributed by atoms with Crippen molar-refractivity contribution in [3.05, 3.63) is 35.4 Å². The lowest BCUT2D eigenvalue weighted by molar-refractivity contribution is 0.449. The van der Waals surface area contributed by atoms with E-state index < -0.39 is 0 Å². The molecule has 1 aliphatic rings. The zero-order chi connectivity index (χ0) is 12.3. The van der Waals surface area contributed by atoms with Gasteiger partial charge >= 0.3 is 0 Å². The predicted octanol–water partition coefficient (Wildman–Crippen LogP) is 4.09. The summed E-state index contributed by atoms with van der Waals surface area (Å²) in [6.07, 6.45) is 4.12. The lowest BCUT2D eigenvalue weighted by Gasteiger charge is -2.16. The van der Waals surface area contributed by atoms with Gasteiger partial charge in [-0.3, -0.25) is 0 Å². The highest BCUT2D eigenvalue weighted by Gasteiger charge is 2.29. The second-order valence-electron chi connectivity index (χ2n) is 5.63. The van der Waals surface area contributed by atoms with Gasteiger partial charge in [0.2, 0.25) is 0 Å². The lowest BCUT2D eigenvalue weighted by atomic mass is 10.0. The third-order valence-corrected chi connectivity index (χ3v) is 3.85. The second-order valence-corrected chi connectivity index (χ2v) is 5.63. The van der Waals surface area contributed by atoms with Crippen LogP contribution in [0, 0.1) is 5.92 Å². The average molecular weight is 231 g/mol. The summed E-state index contributed by atoms with van der Waals surface area (Å²) in [5.74, 6) is 1.59. The monoisotopic (exact) mass is 231 g/mol. The maximum Gasteiger partial charge on any atom is 0.0208 e. The fraction of sp³-hybridized carbons (Fsp3) is 0.625. The molecule has 17 heavy (non-hydrogen) atoms. The first-order valence-corrected chi connectivity index (χ1v) is 7.03. The van der Waals surface area contributed by atoms with Crippen LogP contribution < -0.4 is 5.32 Å². The first-order valence-electron chi connectivity index (χ1n) is 7.03. The Bertz CT molecular complexity index is 335. The van der Waals surface area contributed by atoms with Crippen LogP contribution in [0.5, 0.6) is 0 Å². The molecule has 1 heteroatoms. The molecule has 0 spiro atoms. The molecule has 0 aromatic heterocycles. The van der Waals surface area contributed by atoms with E-state index in [0.717, 1.165) is 18.5 Å². The van der Waals surface area contributed by atoms with Gasteiger partial charge in [0.25, 0.3) is 0 Å². The molecule has 0 heterocycles. The summed E-state index contributed by atoms with van der Waals surface area (Å²) in [6, 6.07) is 9.79. The molecule has 1 N–H and O–H groups in total. The van der Waals surface area contributed by atoms with Gasteiger partial charge in [0.1, 0.15) is 0 Å². The molecule has 2 rings (SSSR count). The summed E-state index contributed by atoms with van der Waals surface area (Å²) in [6.45, 7) is 7.80. The van der Waals surface area contributed by atoms with Crippen LogP contribution in [-0.4, -0.2) is 6.04 Å². The molecule has 1 aromatic carbocycles. The molecule has 0 saturated heterocycles. The Morgan fingerprint density at radius 3 is 2.29 bits per heavy atom. The van der Waals surface area contributed by atoms with Crippen molar-refractivity contribution < 1.29 is 0 Å². The Hall–Kier alpha value is -0.820. The van der Waals surface area contributed by atoms with E-state index >= 15 is 0 Å². The standard InChI is InChI=1S/C16H25N/c1-4-16(15-9-10-15)17-11-13-5-7-14(8-6-13)12(2)3/h5-8,12,15-17H,4,9-11H2,1-3H3. The van der Waals surface area contributed by atoms with Crippen molar-refractivity contribution in [2.24, 2.45) is 5.92 Å². The van der Waals surface area contributed by atoms with Crippen molar-refractivity contribution in [2.75, 3.05) is 0 Å². The summed E-state index contributed by atoms with van der Waals surface area (Å²) < 4.78 is 0. The van der Waals surface area contributed by atoms with Crippen LogP contribution in [0.25, 0.3) is 0 Å². The van der Waals surface area contributed by atoms with Gasteiger partial charge in [-0.15, -0.1) is 0 Å². The normalized spacial score (nSPS) is 17.4. The molecule has 1 atom stereocenters. The second kappa shape index (κ2) is 5.68. The van der Waals surface area contributed by atoms with E-state index in [1.165, 1.54) is 30.4 Å². The molecule has 1 aromatic rings. The van der Waals surface area contributed by atoms with Gasteiger partial charge in [0.05, 0.1) is 0 Å². The first kappa shape index (κ1) is 12.6. The summed E-state index contributed by atoms with van der Waals surface area (Å²) >= 11 is 0. The van der Waals surface area contributed by atoms with Crippen LogP contribution in [0.3, 0.4) is 0 Å². The smallest absolute Gasteiger partial charge is 0.0208 e. The maximum absolute atomic E-state index is 3.70. The van der Waals surface area contributed by atoms with Crippen LogP contribution in [0.15, 0.2) is 24.3 Å². The van der Waals surface area contributed by atoms with Crippen molar-refractivity contribution >= 4 is 0 Å². The third-order valence-electron chi connectivity index (χ3n) is 3.85. The first-order chi connectivity index (χ1) is 8.20. The Kier molecular flexibility index (Phi) is 4.22. The molecule has 1 nitrogen and oxygen atoms in total. The van der Waals surface area contributed by atoms with E-state index in [2.05, 4.69) is 50.4 Å². The Morgan fingerprint density at radius 2 is 1.82 bits per heavy atom. The van der Waals surface area contributed by atoms with Gasteiger partial charge in [-0.25, -0.2) is 0 Å². The van der Waals surface area contributed by atoms with Gasteiger partial charge < -0.3 is 5.32 Å². The number of nitrogens with one attached hydrogen (secondary N) is 1. The molecule has 1 saturated carbocycles. The largest absolute Gasteiger partial charge is 0.310 e. The molecule has 0 radical (unpaired) electrons. The Balaban J connectivity index is 1.85. The fourth-order valence-electron chi connectivity index (χ4n) is 2.41. The molecular weight excluding hydrogens is 206 g/mol. The van der Waals surface area contributed by atoms with Gasteiger partial charge in [-0.05, 0) is 42.2 Å². The maximum atomic E-state index is 3.70. The Morgan fingerprint density at radius 1 is 1.18 bits per heavy atom. The zero-order valence-corrected chi connectivity index (χ0v) is 11.4. The molecular formula is C16H25N. The number of rotatable bonds is 6. The highest BCUT2D eigenvalue weighted by molar-refractivity contribution is 5.24. The molecule has 1 unspecified atom stereocenters. The van der Waals surface area contributed by atoms with Crippen molar-refractivity contribution in [1.82, 2.24) is 5.32 Å². The van der Waals surface area contributed by atoms with Crippen LogP contribution in [0.4, 0.5) is 0 Å². The minimum atomic E-state index is 0.631. The van der Waals surface area contributed by atoms with E-state index in [1.54, 1.807) is 0 Å². The summed E-state index contributed by atoms with van der Waals surface area (Å²) in [5, 5.41) is 3.70. The number of hydrogen-bond donors (Lipinski definition) is 1. The van der Waals surface area contributed by atoms with E-state index in [0.29, 0.717) is 5.92 Å². The topological polar surface area (TPSA) is 12.0 Å². The van der Waals surface area contributed by atoms with Gasteiger partial charge in [-0.1, -0.05) is 45.0 Å². The summed E-state index contributed by atoms with van der Waals surface area (Å²) in [4.78, 5) is 0. The fourth-order valence-corrected chi connectivity index (χ4v) is 2.41. The van der Waals surface area contributed by atoms with Crippen LogP contribution in [-0.2, 0) is 6.54 Å². The van der Waals surface area contributed by atoms with Crippen molar-refractivity contribution in [1.29, 1.82) is 0 Å². The minimum Gasteiger partial charge on any atom is -0.310 e. The van der Waals surface area contributed by atoms with Gasteiger partial charge in [-0.2, -0.15) is 0 Å². The van der Waals surface area contributed by atoms with E-state index in [9.17, 15) is 0 Å². The lowest BCUT2D eigenvalue weighted by Crippen LogP contribution is -2.29. The zero-order valence-electron chi connectivity index (χ0n) is 11.4. The quantitative estimate of drug-likeness (QED) is 0.777. The van der Waals surface area contributed by atoms with Crippen LogP contribution in [0.1, 0.15) is 57.1 Å². The van der Waals surface area contributed by atoms with Crippen molar-refractivity contribution in [2.45, 2.75) is 58.5 Å². The average Bonchev–Trinajstić information content (AvgIpc) is 3.15. The Labute approximate surface area is 106 Å². The minimum absolute atomic E-state index is 0.631. The van der Waals surface area contributed by atoms with Gasteiger partial charge in [0.15, 0.2) is 0 Å². The number of benzene rings is 1. The highest BCUT2D eigenvalue weighted by Crippen LogP contribution is 2.34. The van der Waals surface area contributed by atoms with Crippen LogP contribution in [0.2, 0.25) is 0 Å². The molecule has 0 bridgehead atoms. The third kappa shape index (κ3) is 3.57. The van der Waals surface area contributed by atoms with Crippen molar-refractivity contribution in [3.8, 4) is 0 Å². The van der Waals surface area contributed by atoms with Crippen molar-refractivity contribution in [3.63, 3.8) is 0 Å². The molecule has 94 valence electrons. The molecule has 0 aliphatic heterocycles. The molecule has 1 aliphatic carbocycles. The molecule has 1 fully saturated rings. The van der Waals surface area contributed by atoms with E-state index in [-0.39, 0.29) is 0 Å². The summed E-state index contributed by atoms with van der Waals surface area (Å²) in [7, 11) is 0. The number of hydrogen-bond acceptors (Lipinski definition) is 1. The van der Waals surface area contributed by atoms with Crippen LogP contribution >= 0.6 is 0 Å². The SMILES string of the molecule is CCC(NCc1ccc(C(C)C)cc1)C1CC1. The van der Waals surface area contributed by atoms with E-state index in [4.69, 9.17) is 0 Å². The highest BCUT2D eigenvalue weighted by atomic mass is 14.9. The van der Waals surface area contributed by atoms with E-state index in [1.807, 2.05) is 0 Å². The molecule has 0 amide bonds. The predicted molar refractivity (Wildman–Crippen MR) is 74.2 cm³/mol. The summed E-state index contributed by atoms with van der Waals surface area (Å²) in [5.41, 5.74) is 2.84.